The molecular formula is C18H11BrFIN2O2S. The van der Waals surface area contributed by atoms with E-state index in [1.54, 1.807) is 24.3 Å². The van der Waals surface area contributed by atoms with Crippen LogP contribution >= 0.6 is 50.7 Å². The van der Waals surface area contributed by atoms with Gasteiger partial charge in [0.1, 0.15) is 11.6 Å². The minimum atomic E-state index is -0.517. The number of carbonyl (C=O) groups is 1. The van der Waals surface area contributed by atoms with Crippen molar-refractivity contribution in [3.63, 3.8) is 0 Å². The van der Waals surface area contributed by atoms with Crippen molar-refractivity contribution in [2.75, 3.05) is 5.32 Å². The molecule has 1 amide bonds. The summed E-state index contributed by atoms with van der Waals surface area (Å²) in [5.41, 5.74) is 1.03. The number of rotatable bonds is 3. The van der Waals surface area contributed by atoms with Gasteiger partial charge in [-0.15, -0.1) is 0 Å². The summed E-state index contributed by atoms with van der Waals surface area (Å²) in [6.07, 6.45) is 0. The molecule has 0 aliphatic rings. The van der Waals surface area contributed by atoms with Crippen molar-refractivity contribution in [3.05, 3.63) is 74.2 Å². The van der Waals surface area contributed by atoms with E-state index < -0.39 is 11.7 Å². The van der Waals surface area contributed by atoms with E-state index in [2.05, 4.69) is 26.6 Å². The molecule has 0 radical (unpaired) electrons. The highest BCUT2D eigenvalue weighted by Crippen LogP contribution is 2.24. The number of hydrogen-bond acceptors (Lipinski definition) is 3. The molecule has 0 spiro atoms. The van der Waals surface area contributed by atoms with Crippen molar-refractivity contribution < 1.29 is 13.6 Å². The molecule has 8 heteroatoms. The molecule has 0 aliphatic heterocycles. The van der Waals surface area contributed by atoms with E-state index in [1.165, 1.54) is 6.07 Å². The van der Waals surface area contributed by atoms with Crippen LogP contribution in [-0.4, -0.2) is 11.0 Å². The molecule has 26 heavy (non-hydrogen) atoms. The van der Waals surface area contributed by atoms with E-state index in [0.29, 0.717) is 5.76 Å². The van der Waals surface area contributed by atoms with Gasteiger partial charge in [0.05, 0.1) is 5.69 Å². The zero-order chi connectivity index (χ0) is 18.7. The maximum absolute atomic E-state index is 13.8. The molecule has 2 N–H and O–H groups in total. The molecule has 0 aliphatic carbocycles. The molecule has 0 saturated heterocycles. The molecule has 0 atom stereocenters. The summed E-state index contributed by atoms with van der Waals surface area (Å²) in [5, 5.41) is 5.11. The third kappa shape index (κ3) is 4.68. The topological polar surface area (TPSA) is 54.3 Å². The van der Waals surface area contributed by atoms with E-state index in [-0.39, 0.29) is 16.6 Å². The standard InChI is InChI=1S/C18H11BrFIN2O2S/c19-11-3-1-10(2-4-11)15-7-8-16(25-15)17(24)23-18(26)22-14-6-5-12(21)9-13(14)20/h1-9H,(H2,22,23,24,26). The first-order valence-electron chi connectivity index (χ1n) is 7.35. The van der Waals surface area contributed by atoms with Gasteiger partial charge in [0, 0.05) is 13.6 Å². The lowest BCUT2D eigenvalue weighted by Gasteiger charge is -2.09. The van der Waals surface area contributed by atoms with Crippen LogP contribution in [0.5, 0.6) is 0 Å². The van der Waals surface area contributed by atoms with Gasteiger partial charge in [-0.3, -0.25) is 10.1 Å². The number of nitrogens with one attached hydrogen (secondary N) is 2. The first kappa shape index (κ1) is 19.0. The molecule has 0 bridgehead atoms. The molecule has 4 nitrogen and oxygen atoms in total. The van der Waals surface area contributed by atoms with Gasteiger partial charge in [0.15, 0.2) is 10.9 Å². The Balaban J connectivity index is 1.66. The third-order valence-corrected chi connectivity index (χ3v) is 4.77. The third-order valence-electron chi connectivity index (χ3n) is 3.36. The lowest BCUT2D eigenvalue weighted by molar-refractivity contribution is 0.0951. The maximum Gasteiger partial charge on any atom is 0.293 e. The molecule has 2 aromatic carbocycles. The van der Waals surface area contributed by atoms with Gasteiger partial charge in [-0.2, -0.15) is 0 Å². The molecule has 3 aromatic rings. The molecule has 132 valence electrons. The predicted molar refractivity (Wildman–Crippen MR) is 115 cm³/mol. The highest BCUT2D eigenvalue weighted by atomic mass is 127. The number of furan rings is 1. The van der Waals surface area contributed by atoms with Gasteiger partial charge in [0.2, 0.25) is 0 Å². The van der Waals surface area contributed by atoms with Crippen LogP contribution in [0.1, 0.15) is 10.6 Å². The Labute approximate surface area is 176 Å². The normalized spacial score (nSPS) is 10.4. The fourth-order valence-corrected chi connectivity index (χ4v) is 3.06. The Morgan fingerprint density at radius 1 is 1.12 bits per heavy atom. The second kappa shape index (κ2) is 8.28. The summed E-state index contributed by atoms with van der Waals surface area (Å²) < 4.78 is 21.1. The van der Waals surface area contributed by atoms with Gasteiger partial charge in [-0.05, 0) is 77.3 Å². The average molecular weight is 545 g/mol. The van der Waals surface area contributed by atoms with E-state index in [4.69, 9.17) is 16.6 Å². The van der Waals surface area contributed by atoms with Gasteiger partial charge >= 0.3 is 0 Å². The van der Waals surface area contributed by atoms with Crippen LogP contribution in [-0.2, 0) is 0 Å². The Morgan fingerprint density at radius 2 is 1.85 bits per heavy atom. The Bertz CT molecular complexity index is 976. The summed E-state index contributed by atoms with van der Waals surface area (Å²) in [4.78, 5) is 12.2. The molecule has 0 unspecified atom stereocenters. The molecule has 0 saturated carbocycles. The summed E-state index contributed by atoms with van der Waals surface area (Å²) >= 11 is 10.4. The number of halogens is 3. The molecule has 3 rings (SSSR count). The van der Waals surface area contributed by atoms with Crippen LogP contribution in [0.25, 0.3) is 11.3 Å². The largest absolute Gasteiger partial charge is 0.451 e. The van der Waals surface area contributed by atoms with E-state index in [1.807, 2.05) is 46.9 Å². The minimum absolute atomic E-state index is 0.0169. The highest BCUT2D eigenvalue weighted by molar-refractivity contribution is 14.1. The predicted octanol–water partition coefficient (Wildman–Crippen LogP) is 5.58. The summed E-state index contributed by atoms with van der Waals surface area (Å²) in [7, 11) is 0. The fraction of sp³-hybridized carbons (Fsp3) is 0. The van der Waals surface area contributed by atoms with Gasteiger partial charge in [0.25, 0.3) is 5.91 Å². The first-order valence-corrected chi connectivity index (χ1v) is 9.63. The van der Waals surface area contributed by atoms with E-state index in [0.717, 1.165) is 13.6 Å². The van der Waals surface area contributed by atoms with Crippen LogP contribution in [0, 0.1) is 9.39 Å². The minimum Gasteiger partial charge on any atom is -0.451 e. The van der Waals surface area contributed by atoms with Crippen LogP contribution in [0.4, 0.5) is 10.1 Å². The molecule has 1 heterocycles. The quantitative estimate of drug-likeness (QED) is 0.334. The first-order chi connectivity index (χ1) is 12.4. The Hall–Kier alpha value is -1.78. The molecule has 1 aromatic heterocycles. The van der Waals surface area contributed by atoms with Crippen LogP contribution in [0.3, 0.4) is 0 Å². The summed E-state index contributed by atoms with van der Waals surface area (Å²) in [6.45, 7) is 0. The average Bonchev–Trinajstić information content (AvgIpc) is 3.08. The molecular weight excluding hydrogens is 534 g/mol. The number of benzene rings is 2. The van der Waals surface area contributed by atoms with E-state index in [9.17, 15) is 9.18 Å². The monoisotopic (exact) mass is 544 g/mol. The van der Waals surface area contributed by atoms with Crippen molar-refractivity contribution in [1.29, 1.82) is 0 Å². The number of amides is 1. The van der Waals surface area contributed by atoms with Crippen LogP contribution in [0.2, 0.25) is 0 Å². The Morgan fingerprint density at radius 3 is 2.54 bits per heavy atom. The summed E-state index contributed by atoms with van der Waals surface area (Å²) in [6, 6.07) is 15.4. The van der Waals surface area contributed by atoms with Crippen molar-refractivity contribution in [3.8, 4) is 11.3 Å². The summed E-state index contributed by atoms with van der Waals surface area (Å²) in [5.74, 6) is -0.304. The van der Waals surface area contributed by atoms with Gasteiger partial charge < -0.3 is 9.73 Å². The number of hydrogen-bond donors (Lipinski definition) is 2. The van der Waals surface area contributed by atoms with Crippen molar-refractivity contribution in [2.24, 2.45) is 0 Å². The van der Waals surface area contributed by atoms with Crippen molar-refractivity contribution >= 4 is 67.4 Å². The number of carbonyl (C=O) groups excluding carboxylic acids is 1. The maximum atomic E-state index is 13.8. The lowest BCUT2D eigenvalue weighted by Crippen LogP contribution is -2.34. The second-order valence-corrected chi connectivity index (χ2v) is 7.77. The van der Waals surface area contributed by atoms with Crippen LogP contribution in [0.15, 0.2) is 63.5 Å². The van der Waals surface area contributed by atoms with Crippen LogP contribution < -0.4 is 10.6 Å². The van der Waals surface area contributed by atoms with Gasteiger partial charge in [-0.1, -0.05) is 28.1 Å². The zero-order valence-electron chi connectivity index (χ0n) is 13.1. The fourth-order valence-electron chi connectivity index (χ4n) is 2.14. The van der Waals surface area contributed by atoms with Gasteiger partial charge in [-0.25, -0.2) is 4.39 Å². The van der Waals surface area contributed by atoms with Crippen molar-refractivity contribution in [2.45, 2.75) is 0 Å². The second-order valence-electron chi connectivity index (χ2n) is 5.20. The highest BCUT2D eigenvalue weighted by Gasteiger charge is 2.14. The number of anilines is 1. The Kier molecular flexibility index (Phi) is 6.05. The zero-order valence-corrected chi connectivity index (χ0v) is 17.6. The molecule has 0 fully saturated rings. The SMILES string of the molecule is O=C(NC(=S)Nc1ccc(I)cc1F)c1ccc(-c2ccc(Br)cc2)o1. The smallest absolute Gasteiger partial charge is 0.293 e. The number of thiocarbonyl (C=S) groups is 1. The van der Waals surface area contributed by atoms with Crippen molar-refractivity contribution in [1.82, 2.24) is 5.32 Å². The van der Waals surface area contributed by atoms with E-state index >= 15 is 0 Å². The lowest BCUT2D eigenvalue weighted by atomic mass is 10.2.